The third-order valence-corrected chi connectivity index (χ3v) is 6.73. The second-order valence-electron chi connectivity index (χ2n) is 8.85. The summed E-state index contributed by atoms with van der Waals surface area (Å²) >= 11 is 5.81. The summed E-state index contributed by atoms with van der Waals surface area (Å²) in [5.74, 6) is -1.40. The van der Waals surface area contributed by atoms with Gasteiger partial charge in [-0.25, -0.2) is 23.5 Å². The van der Waals surface area contributed by atoms with Gasteiger partial charge in [-0.05, 0) is 50.5 Å². The van der Waals surface area contributed by atoms with Crippen LogP contribution in [-0.4, -0.2) is 31.3 Å². The van der Waals surface area contributed by atoms with E-state index in [1.165, 1.54) is 22.8 Å². The van der Waals surface area contributed by atoms with Gasteiger partial charge in [0, 0.05) is 18.0 Å². The topological polar surface area (TPSA) is 97.1 Å². The van der Waals surface area contributed by atoms with Crippen LogP contribution in [0.2, 0.25) is 5.15 Å². The number of pyridine rings is 1. The van der Waals surface area contributed by atoms with Crippen molar-refractivity contribution < 1.29 is 18.7 Å². The number of carboxylic acid groups (broad SMARTS) is 1. The van der Waals surface area contributed by atoms with Gasteiger partial charge in [0.2, 0.25) is 0 Å². The van der Waals surface area contributed by atoms with Crippen LogP contribution < -0.4 is 10.9 Å². The van der Waals surface area contributed by atoms with Gasteiger partial charge in [0.25, 0.3) is 5.56 Å². The number of nitrogens with one attached hydrogen (secondary N) is 1. The molecule has 1 aromatic carbocycles. The Morgan fingerprint density at radius 1 is 1.28 bits per heavy atom. The minimum atomic E-state index is -1.27. The summed E-state index contributed by atoms with van der Waals surface area (Å²) in [6.07, 6.45) is 0.984. The summed E-state index contributed by atoms with van der Waals surface area (Å²) < 4.78 is 30.0. The van der Waals surface area contributed by atoms with E-state index in [1.807, 2.05) is 0 Å². The van der Waals surface area contributed by atoms with E-state index in [-0.39, 0.29) is 21.9 Å². The molecule has 3 fully saturated rings. The van der Waals surface area contributed by atoms with Crippen molar-refractivity contribution in [3.63, 3.8) is 0 Å². The Balaban J connectivity index is 1.62. The third-order valence-electron chi connectivity index (χ3n) is 6.52. The number of carboxylic acids is 1. The van der Waals surface area contributed by atoms with Crippen LogP contribution in [0.5, 0.6) is 0 Å². The summed E-state index contributed by atoms with van der Waals surface area (Å²) in [5, 5.41) is 12.6. The van der Waals surface area contributed by atoms with Crippen molar-refractivity contribution in [2.75, 3.05) is 5.32 Å². The summed E-state index contributed by atoms with van der Waals surface area (Å²) in [7, 11) is 1.57. The Labute approximate surface area is 186 Å². The van der Waals surface area contributed by atoms with Crippen LogP contribution in [0.1, 0.15) is 54.1 Å². The van der Waals surface area contributed by atoms with Crippen molar-refractivity contribution in [1.82, 2.24) is 14.5 Å². The summed E-state index contributed by atoms with van der Waals surface area (Å²) in [6, 6.07) is 4.68. The lowest BCUT2D eigenvalue weighted by atomic mass is 9.42. The number of halogens is 3. The smallest absolute Gasteiger partial charge is 0.356 e. The molecule has 6 rings (SSSR count). The van der Waals surface area contributed by atoms with Gasteiger partial charge >= 0.3 is 5.97 Å². The summed E-state index contributed by atoms with van der Waals surface area (Å²) in [6.45, 7) is 1.70. The second kappa shape index (κ2) is 6.71. The van der Waals surface area contributed by atoms with Crippen LogP contribution in [0.25, 0.3) is 10.9 Å². The SMILES string of the molecule is C[C@@H](Nc1ccc(Cl)nc1C(=O)O)c1cc(F)cc2c(=O)n(C)c(C34CC(F)(C3)C4)nc12. The molecule has 0 saturated heterocycles. The van der Waals surface area contributed by atoms with E-state index in [9.17, 15) is 23.5 Å². The molecule has 166 valence electrons. The normalized spacial score (nSPS) is 24.5. The Bertz CT molecular complexity index is 1350. The van der Waals surface area contributed by atoms with E-state index in [2.05, 4.69) is 10.3 Å². The Hall–Kier alpha value is -3.07. The molecule has 0 radical (unpaired) electrons. The fourth-order valence-electron chi connectivity index (χ4n) is 5.10. The number of anilines is 1. The second-order valence-corrected chi connectivity index (χ2v) is 9.24. The summed E-state index contributed by atoms with van der Waals surface area (Å²) in [5.41, 5.74) is -1.44. The Kier molecular flexibility index (Phi) is 4.37. The molecule has 3 saturated carbocycles. The van der Waals surface area contributed by atoms with E-state index in [4.69, 9.17) is 16.6 Å². The zero-order valence-corrected chi connectivity index (χ0v) is 18.0. The first-order chi connectivity index (χ1) is 15.0. The molecular weight excluding hydrogens is 442 g/mol. The van der Waals surface area contributed by atoms with Gasteiger partial charge in [-0.2, -0.15) is 0 Å². The molecule has 7 nitrogen and oxygen atoms in total. The molecule has 0 spiro atoms. The molecule has 3 aliphatic carbocycles. The lowest BCUT2D eigenvalue weighted by Gasteiger charge is -2.65. The molecule has 2 heterocycles. The quantitative estimate of drug-likeness (QED) is 0.555. The maximum atomic E-state index is 14.5. The molecule has 0 aliphatic heterocycles. The predicted octanol–water partition coefficient (Wildman–Crippen LogP) is 4.14. The molecule has 3 aromatic rings. The molecule has 2 aromatic heterocycles. The standard InChI is InChI=1S/C22H19ClF2N4O3/c1-10(26-14-3-4-15(23)27-17(14)19(31)32)12-5-11(24)6-13-16(12)28-20(29(2)18(13)30)21-7-22(25,8-21)9-21/h3-6,10,26H,7-9H2,1-2H3,(H,31,32)/t10-,21?,22?/m1/s1. The maximum Gasteiger partial charge on any atom is 0.356 e. The van der Waals surface area contributed by atoms with Crippen molar-refractivity contribution >= 4 is 34.2 Å². The van der Waals surface area contributed by atoms with Gasteiger partial charge in [-0.15, -0.1) is 0 Å². The lowest BCUT2D eigenvalue weighted by molar-refractivity contribution is -0.163. The van der Waals surface area contributed by atoms with E-state index in [0.717, 1.165) is 6.07 Å². The number of benzene rings is 1. The number of alkyl halides is 1. The predicted molar refractivity (Wildman–Crippen MR) is 115 cm³/mol. The minimum absolute atomic E-state index is 0.0239. The van der Waals surface area contributed by atoms with Crippen LogP contribution in [0, 0.1) is 5.82 Å². The van der Waals surface area contributed by atoms with Crippen LogP contribution in [0.3, 0.4) is 0 Å². The van der Waals surface area contributed by atoms with Gasteiger partial charge in [0.1, 0.15) is 22.5 Å². The monoisotopic (exact) mass is 460 g/mol. The Morgan fingerprint density at radius 3 is 2.59 bits per heavy atom. The molecule has 32 heavy (non-hydrogen) atoms. The van der Waals surface area contributed by atoms with Crippen LogP contribution in [-0.2, 0) is 12.5 Å². The van der Waals surface area contributed by atoms with Gasteiger partial charge in [0.05, 0.1) is 22.6 Å². The first-order valence-electron chi connectivity index (χ1n) is 10.1. The molecule has 0 amide bonds. The van der Waals surface area contributed by atoms with E-state index < -0.39 is 34.5 Å². The van der Waals surface area contributed by atoms with Crippen molar-refractivity contribution in [2.24, 2.45) is 7.05 Å². The van der Waals surface area contributed by atoms with Gasteiger partial charge in [-0.1, -0.05) is 11.6 Å². The highest BCUT2D eigenvalue weighted by atomic mass is 35.5. The number of hydrogen-bond acceptors (Lipinski definition) is 5. The lowest BCUT2D eigenvalue weighted by Crippen LogP contribution is -2.68. The maximum absolute atomic E-state index is 14.5. The fraction of sp³-hybridized carbons (Fsp3) is 0.364. The summed E-state index contributed by atoms with van der Waals surface area (Å²) in [4.78, 5) is 33.1. The van der Waals surface area contributed by atoms with Crippen LogP contribution in [0.4, 0.5) is 14.5 Å². The van der Waals surface area contributed by atoms with Crippen LogP contribution in [0.15, 0.2) is 29.1 Å². The Morgan fingerprint density at radius 2 is 1.97 bits per heavy atom. The molecular formula is C22H19ClF2N4O3. The molecule has 2 N–H and O–H groups in total. The van der Waals surface area contributed by atoms with Crippen molar-refractivity contribution in [2.45, 2.75) is 43.3 Å². The van der Waals surface area contributed by atoms with Crippen LogP contribution >= 0.6 is 11.6 Å². The zero-order chi connectivity index (χ0) is 23.0. The number of fused-ring (bicyclic) bond motifs is 1. The number of nitrogens with zero attached hydrogens (tertiary/aromatic N) is 3. The highest BCUT2D eigenvalue weighted by Crippen LogP contribution is 2.69. The van der Waals surface area contributed by atoms with E-state index in [0.29, 0.717) is 36.2 Å². The van der Waals surface area contributed by atoms with Gasteiger partial charge < -0.3 is 10.4 Å². The minimum Gasteiger partial charge on any atom is -0.476 e. The van der Waals surface area contributed by atoms with Gasteiger partial charge in [0.15, 0.2) is 5.69 Å². The molecule has 0 unspecified atom stereocenters. The fourth-order valence-corrected chi connectivity index (χ4v) is 5.24. The first-order valence-corrected chi connectivity index (χ1v) is 10.5. The highest BCUT2D eigenvalue weighted by Gasteiger charge is 2.71. The zero-order valence-electron chi connectivity index (χ0n) is 17.2. The average Bonchev–Trinajstić information content (AvgIpc) is 2.68. The molecule has 10 heteroatoms. The number of aromatic nitrogens is 3. The first kappa shape index (κ1) is 20.8. The highest BCUT2D eigenvalue weighted by molar-refractivity contribution is 6.29. The number of rotatable bonds is 5. The van der Waals surface area contributed by atoms with E-state index in [1.54, 1.807) is 14.0 Å². The number of aromatic carboxylic acids is 1. The third kappa shape index (κ3) is 2.98. The number of hydrogen-bond donors (Lipinski definition) is 2. The largest absolute Gasteiger partial charge is 0.476 e. The van der Waals surface area contributed by atoms with E-state index >= 15 is 0 Å². The molecule has 3 aliphatic rings. The van der Waals surface area contributed by atoms with Crippen molar-refractivity contribution in [3.05, 3.63) is 62.7 Å². The van der Waals surface area contributed by atoms with Crippen molar-refractivity contribution in [3.8, 4) is 0 Å². The average molecular weight is 461 g/mol. The number of carbonyl (C=O) groups is 1. The van der Waals surface area contributed by atoms with Gasteiger partial charge in [-0.3, -0.25) is 9.36 Å². The van der Waals surface area contributed by atoms with Crippen molar-refractivity contribution in [1.29, 1.82) is 0 Å². The molecule has 2 bridgehead atoms. The molecule has 1 atom stereocenters.